The number of ether oxygens (including phenoxy) is 2. The number of esters is 1. The van der Waals surface area contributed by atoms with Crippen molar-refractivity contribution in [3.63, 3.8) is 0 Å². The van der Waals surface area contributed by atoms with E-state index in [0.29, 0.717) is 13.2 Å². The fourth-order valence-corrected chi connectivity index (χ4v) is 1.25. The number of methoxy groups -OCH3 is 1. The molecule has 19 heavy (non-hydrogen) atoms. The monoisotopic (exact) mass is 270 g/mol. The van der Waals surface area contributed by atoms with E-state index in [9.17, 15) is 14.0 Å². The largest absolute Gasteiger partial charge is 0.452 e. The highest BCUT2D eigenvalue weighted by atomic mass is 19.1. The summed E-state index contributed by atoms with van der Waals surface area (Å²) in [5.74, 6) is -2.18. The highest BCUT2D eigenvalue weighted by molar-refractivity contribution is 5.92. The lowest BCUT2D eigenvalue weighted by Crippen LogP contribution is -2.31. The number of carbonyl (C=O) groups excluding carboxylic acids is 2. The Morgan fingerprint density at radius 3 is 2.84 bits per heavy atom. The summed E-state index contributed by atoms with van der Waals surface area (Å²) < 4.78 is 22.7. The van der Waals surface area contributed by atoms with E-state index in [-0.39, 0.29) is 11.3 Å². The van der Waals surface area contributed by atoms with Crippen LogP contribution in [0.25, 0.3) is 0 Å². The maximum atomic E-state index is 13.3. The smallest absolute Gasteiger partial charge is 0.341 e. The molecule has 0 aliphatic carbocycles. The predicted octanol–water partition coefficient (Wildman–Crippen LogP) is 0.327. The minimum atomic E-state index is -0.938. The number of amides is 1. The number of anilines is 1. The zero-order chi connectivity index (χ0) is 14.3. The van der Waals surface area contributed by atoms with Crippen LogP contribution in [0.5, 0.6) is 0 Å². The predicted molar refractivity (Wildman–Crippen MR) is 66.0 cm³/mol. The van der Waals surface area contributed by atoms with Gasteiger partial charge in [-0.05, 0) is 18.2 Å². The minimum absolute atomic E-state index is 0.234. The van der Waals surface area contributed by atoms with Crippen LogP contribution in [0.2, 0.25) is 0 Å². The molecule has 104 valence electrons. The van der Waals surface area contributed by atoms with Crippen LogP contribution in [0.15, 0.2) is 18.2 Å². The van der Waals surface area contributed by atoms with Gasteiger partial charge in [0.15, 0.2) is 6.61 Å². The summed E-state index contributed by atoms with van der Waals surface area (Å²) in [6.07, 6.45) is 0. The Morgan fingerprint density at radius 1 is 1.42 bits per heavy atom. The van der Waals surface area contributed by atoms with Crippen LogP contribution < -0.4 is 11.1 Å². The van der Waals surface area contributed by atoms with Crippen LogP contribution in [-0.4, -0.2) is 38.7 Å². The highest BCUT2D eigenvalue weighted by Gasteiger charge is 2.14. The number of nitrogen functional groups attached to an aromatic ring is 1. The number of nitrogens with two attached hydrogens (primary N) is 1. The zero-order valence-corrected chi connectivity index (χ0v) is 10.4. The van der Waals surface area contributed by atoms with E-state index in [4.69, 9.17) is 10.5 Å². The van der Waals surface area contributed by atoms with Crippen LogP contribution in [0.4, 0.5) is 10.1 Å². The average Bonchev–Trinajstić information content (AvgIpc) is 2.39. The van der Waals surface area contributed by atoms with Crippen LogP contribution in [0.3, 0.4) is 0 Å². The number of benzene rings is 1. The molecule has 0 bridgehead atoms. The molecule has 1 aromatic carbocycles. The van der Waals surface area contributed by atoms with E-state index in [0.717, 1.165) is 12.1 Å². The van der Waals surface area contributed by atoms with Crippen molar-refractivity contribution in [1.29, 1.82) is 0 Å². The number of carbonyl (C=O) groups is 2. The number of hydrogen-bond donors (Lipinski definition) is 2. The van der Waals surface area contributed by atoms with Gasteiger partial charge in [-0.15, -0.1) is 0 Å². The van der Waals surface area contributed by atoms with Crippen molar-refractivity contribution >= 4 is 17.6 Å². The summed E-state index contributed by atoms with van der Waals surface area (Å²) in [7, 11) is 1.49. The first kappa shape index (κ1) is 14.9. The SMILES string of the molecule is COCCNC(=O)COC(=O)c1cc(N)ccc1F. The Kier molecular flexibility index (Phi) is 5.74. The quantitative estimate of drug-likeness (QED) is 0.441. The molecule has 0 spiro atoms. The van der Waals surface area contributed by atoms with Gasteiger partial charge in [-0.1, -0.05) is 0 Å². The number of rotatable bonds is 6. The summed E-state index contributed by atoms with van der Waals surface area (Å²) in [5, 5.41) is 2.46. The topological polar surface area (TPSA) is 90.6 Å². The molecule has 0 radical (unpaired) electrons. The molecular formula is C12H15FN2O4. The highest BCUT2D eigenvalue weighted by Crippen LogP contribution is 2.13. The fourth-order valence-electron chi connectivity index (χ4n) is 1.25. The van der Waals surface area contributed by atoms with Crippen molar-refractivity contribution in [2.45, 2.75) is 0 Å². The summed E-state index contributed by atoms with van der Waals surface area (Å²) in [5.41, 5.74) is 5.37. The standard InChI is InChI=1S/C12H15FN2O4/c1-18-5-4-15-11(16)7-19-12(17)9-6-8(14)2-3-10(9)13/h2-3,6H,4-5,7,14H2,1H3,(H,15,16). The molecule has 0 aromatic heterocycles. The molecule has 0 saturated carbocycles. The van der Waals surface area contributed by atoms with Crippen molar-refractivity contribution in [3.05, 3.63) is 29.6 Å². The molecule has 0 fully saturated rings. The second-order valence-electron chi connectivity index (χ2n) is 3.66. The maximum Gasteiger partial charge on any atom is 0.341 e. The molecule has 1 rings (SSSR count). The van der Waals surface area contributed by atoms with Gasteiger partial charge in [-0.2, -0.15) is 0 Å². The lowest BCUT2D eigenvalue weighted by Gasteiger charge is -2.07. The molecule has 0 atom stereocenters. The van der Waals surface area contributed by atoms with E-state index in [2.05, 4.69) is 10.1 Å². The molecule has 7 heteroatoms. The third-order valence-corrected chi connectivity index (χ3v) is 2.17. The van der Waals surface area contributed by atoms with Gasteiger partial charge < -0.3 is 20.5 Å². The van der Waals surface area contributed by atoms with Crippen molar-refractivity contribution in [2.75, 3.05) is 32.6 Å². The normalized spacial score (nSPS) is 10.0. The second kappa shape index (κ2) is 7.32. The Balaban J connectivity index is 2.47. The zero-order valence-electron chi connectivity index (χ0n) is 10.4. The molecule has 0 aliphatic heterocycles. The number of hydrogen-bond acceptors (Lipinski definition) is 5. The van der Waals surface area contributed by atoms with Gasteiger partial charge in [0.2, 0.25) is 0 Å². The van der Waals surface area contributed by atoms with E-state index < -0.39 is 24.3 Å². The Hall–Kier alpha value is -2.15. The van der Waals surface area contributed by atoms with Gasteiger partial charge in [-0.3, -0.25) is 4.79 Å². The second-order valence-corrected chi connectivity index (χ2v) is 3.66. The van der Waals surface area contributed by atoms with E-state index in [1.54, 1.807) is 0 Å². The van der Waals surface area contributed by atoms with E-state index in [1.165, 1.54) is 13.2 Å². The number of halogens is 1. The summed E-state index contributed by atoms with van der Waals surface area (Å²) >= 11 is 0. The molecule has 0 unspecified atom stereocenters. The molecule has 6 nitrogen and oxygen atoms in total. The van der Waals surface area contributed by atoms with Gasteiger partial charge in [0, 0.05) is 19.3 Å². The minimum Gasteiger partial charge on any atom is -0.452 e. The molecule has 0 aliphatic rings. The Bertz CT molecular complexity index is 465. The maximum absolute atomic E-state index is 13.3. The first-order valence-electron chi connectivity index (χ1n) is 5.52. The van der Waals surface area contributed by atoms with Gasteiger partial charge >= 0.3 is 5.97 Å². The van der Waals surface area contributed by atoms with Crippen molar-refractivity contribution in [2.24, 2.45) is 0 Å². The van der Waals surface area contributed by atoms with Crippen LogP contribution in [-0.2, 0) is 14.3 Å². The Morgan fingerprint density at radius 2 is 2.16 bits per heavy atom. The molecule has 0 heterocycles. The first-order chi connectivity index (χ1) is 9.04. The van der Waals surface area contributed by atoms with Crippen molar-refractivity contribution in [3.8, 4) is 0 Å². The molecule has 1 aromatic rings. The van der Waals surface area contributed by atoms with E-state index >= 15 is 0 Å². The van der Waals surface area contributed by atoms with Gasteiger partial charge in [0.05, 0.1) is 12.2 Å². The number of nitrogens with one attached hydrogen (secondary N) is 1. The summed E-state index contributed by atoms with van der Waals surface area (Å²) in [6, 6.07) is 3.54. The summed E-state index contributed by atoms with van der Waals surface area (Å²) in [4.78, 5) is 22.8. The van der Waals surface area contributed by atoms with Gasteiger partial charge in [0.1, 0.15) is 5.82 Å². The van der Waals surface area contributed by atoms with Crippen LogP contribution >= 0.6 is 0 Å². The first-order valence-corrected chi connectivity index (χ1v) is 5.52. The van der Waals surface area contributed by atoms with Crippen molar-refractivity contribution in [1.82, 2.24) is 5.32 Å². The van der Waals surface area contributed by atoms with Crippen LogP contribution in [0.1, 0.15) is 10.4 Å². The molecule has 3 N–H and O–H groups in total. The third-order valence-electron chi connectivity index (χ3n) is 2.17. The lowest BCUT2D eigenvalue weighted by molar-refractivity contribution is -0.124. The molecule has 0 saturated heterocycles. The van der Waals surface area contributed by atoms with Crippen LogP contribution in [0, 0.1) is 5.82 Å². The Labute approximate surface area is 109 Å². The molecule has 1 amide bonds. The molecular weight excluding hydrogens is 255 g/mol. The lowest BCUT2D eigenvalue weighted by atomic mass is 10.2. The van der Waals surface area contributed by atoms with Gasteiger partial charge in [0.25, 0.3) is 5.91 Å². The fraction of sp³-hybridized carbons (Fsp3) is 0.333. The average molecular weight is 270 g/mol. The van der Waals surface area contributed by atoms with Gasteiger partial charge in [-0.25, -0.2) is 9.18 Å². The third kappa shape index (κ3) is 4.92. The summed E-state index contributed by atoms with van der Waals surface area (Å²) in [6.45, 7) is 0.167. The van der Waals surface area contributed by atoms with E-state index in [1.807, 2.05) is 0 Å². The van der Waals surface area contributed by atoms with Crippen molar-refractivity contribution < 1.29 is 23.5 Å².